The lowest BCUT2D eigenvalue weighted by molar-refractivity contribution is 0.607. The van der Waals surface area contributed by atoms with Crippen molar-refractivity contribution in [2.45, 2.75) is 51.9 Å². The van der Waals surface area contributed by atoms with Gasteiger partial charge < -0.3 is 0 Å². The fourth-order valence-corrected chi connectivity index (χ4v) is 3.81. The highest BCUT2D eigenvalue weighted by Gasteiger charge is 2.01. The molecular formula is C18H23BrS. The monoisotopic (exact) mass is 350 g/mol. The molecule has 0 radical (unpaired) electrons. The maximum atomic E-state index is 3.52. The largest absolute Gasteiger partial charge is 0.128 e. The molecule has 1 aromatic carbocycles. The predicted molar refractivity (Wildman–Crippen MR) is 94.5 cm³/mol. The Balaban J connectivity index is 1.77. The van der Waals surface area contributed by atoms with E-state index in [1.807, 2.05) is 0 Å². The van der Waals surface area contributed by atoms with E-state index in [4.69, 9.17) is 0 Å². The molecule has 0 fully saturated rings. The minimum atomic E-state index is 1.20. The van der Waals surface area contributed by atoms with Crippen molar-refractivity contribution in [2.75, 3.05) is 0 Å². The van der Waals surface area contributed by atoms with Gasteiger partial charge in [0.25, 0.3) is 0 Å². The summed E-state index contributed by atoms with van der Waals surface area (Å²) < 4.78 is 1.20. The molecule has 108 valence electrons. The number of aryl methyl sites for hydroxylation is 1. The van der Waals surface area contributed by atoms with Crippen LogP contribution in [0.5, 0.6) is 0 Å². The lowest BCUT2D eigenvalue weighted by atomic mass is 10.0. The normalized spacial score (nSPS) is 10.9. The molecular weight excluding hydrogens is 328 g/mol. The zero-order chi connectivity index (χ0) is 14.2. The molecule has 0 saturated carbocycles. The topological polar surface area (TPSA) is 0 Å². The Bertz CT molecular complexity index is 498. The summed E-state index contributed by atoms with van der Waals surface area (Å²) in [5.41, 5.74) is 2.80. The summed E-state index contributed by atoms with van der Waals surface area (Å²) in [6.45, 7) is 2.27. The SMILES string of the molecule is CCCCCCCCc1ccc(-c2ccc(Br)s2)cc1. The van der Waals surface area contributed by atoms with Crippen LogP contribution in [0.1, 0.15) is 51.0 Å². The number of unbranched alkanes of at least 4 members (excludes halogenated alkanes) is 5. The molecule has 0 atom stereocenters. The van der Waals surface area contributed by atoms with Crippen molar-refractivity contribution in [3.63, 3.8) is 0 Å². The molecule has 0 bridgehead atoms. The molecule has 0 nitrogen and oxygen atoms in total. The summed E-state index contributed by atoms with van der Waals surface area (Å²) in [5.74, 6) is 0. The third kappa shape index (κ3) is 5.06. The van der Waals surface area contributed by atoms with E-state index in [0.29, 0.717) is 0 Å². The van der Waals surface area contributed by atoms with Crippen molar-refractivity contribution in [2.24, 2.45) is 0 Å². The smallest absolute Gasteiger partial charge is 0.0705 e. The minimum Gasteiger partial charge on any atom is -0.128 e. The van der Waals surface area contributed by atoms with E-state index in [0.717, 1.165) is 0 Å². The molecule has 1 aromatic heterocycles. The van der Waals surface area contributed by atoms with Gasteiger partial charge in [-0.25, -0.2) is 0 Å². The molecule has 0 aliphatic carbocycles. The number of hydrogen-bond donors (Lipinski definition) is 0. The molecule has 0 saturated heterocycles. The van der Waals surface area contributed by atoms with Gasteiger partial charge in [0.15, 0.2) is 0 Å². The molecule has 2 heteroatoms. The highest BCUT2D eigenvalue weighted by molar-refractivity contribution is 9.11. The molecule has 0 spiro atoms. The highest BCUT2D eigenvalue weighted by Crippen LogP contribution is 2.31. The van der Waals surface area contributed by atoms with Crippen LogP contribution in [-0.2, 0) is 6.42 Å². The van der Waals surface area contributed by atoms with Crippen molar-refractivity contribution in [3.8, 4) is 10.4 Å². The van der Waals surface area contributed by atoms with Gasteiger partial charge in [0, 0.05) is 4.88 Å². The fraction of sp³-hybridized carbons (Fsp3) is 0.444. The van der Waals surface area contributed by atoms with Crippen molar-refractivity contribution in [1.82, 2.24) is 0 Å². The second-order valence-corrected chi connectivity index (χ2v) is 7.78. The van der Waals surface area contributed by atoms with Gasteiger partial charge in [0.05, 0.1) is 3.79 Å². The summed E-state index contributed by atoms with van der Waals surface area (Å²) in [5, 5.41) is 0. The van der Waals surface area contributed by atoms with Crippen molar-refractivity contribution in [1.29, 1.82) is 0 Å². The first-order valence-electron chi connectivity index (χ1n) is 7.64. The van der Waals surface area contributed by atoms with Crippen LogP contribution in [0.25, 0.3) is 10.4 Å². The van der Waals surface area contributed by atoms with E-state index < -0.39 is 0 Å². The van der Waals surface area contributed by atoms with E-state index >= 15 is 0 Å². The molecule has 0 aliphatic rings. The molecule has 20 heavy (non-hydrogen) atoms. The fourth-order valence-electron chi connectivity index (χ4n) is 2.41. The standard InChI is InChI=1S/C18H23BrS/c1-2-3-4-5-6-7-8-15-9-11-16(12-10-15)17-13-14-18(19)20-17/h9-14H,2-8H2,1H3. The van der Waals surface area contributed by atoms with Crippen LogP contribution in [0.3, 0.4) is 0 Å². The first kappa shape index (κ1) is 15.8. The van der Waals surface area contributed by atoms with Crippen molar-refractivity contribution < 1.29 is 0 Å². The molecule has 0 aliphatic heterocycles. The summed E-state index contributed by atoms with van der Waals surface area (Å²) >= 11 is 5.31. The first-order valence-corrected chi connectivity index (χ1v) is 9.25. The predicted octanol–water partition coefficient (Wildman–Crippen LogP) is 7.08. The molecule has 0 amide bonds. The Kier molecular flexibility index (Phi) is 6.81. The number of benzene rings is 1. The third-order valence-electron chi connectivity index (χ3n) is 3.63. The lowest BCUT2D eigenvalue weighted by Gasteiger charge is -2.03. The first-order chi connectivity index (χ1) is 9.79. The summed E-state index contributed by atoms with van der Waals surface area (Å²) in [6, 6.07) is 13.4. The van der Waals surface area contributed by atoms with E-state index in [9.17, 15) is 0 Å². The molecule has 2 rings (SSSR count). The van der Waals surface area contributed by atoms with Gasteiger partial charge >= 0.3 is 0 Å². The zero-order valence-electron chi connectivity index (χ0n) is 12.2. The van der Waals surface area contributed by atoms with Gasteiger partial charge in [0.1, 0.15) is 0 Å². The van der Waals surface area contributed by atoms with Crippen LogP contribution in [0.2, 0.25) is 0 Å². The quantitative estimate of drug-likeness (QED) is 0.446. The molecule has 0 N–H and O–H groups in total. The van der Waals surface area contributed by atoms with Crippen LogP contribution < -0.4 is 0 Å². The average Bonchev–Trinajstić information content (AvgIpc) is 2.90. The van der Waals surface area contributed by atoms with E-state index in [-0.39, 0.29) is 0 Å². The van der Waals surface area contributed by atoms with Gasteiger partial charge in [-0.3, -0.25) is 0 Å². The summed E-state index contributed by atoms with van der Waals surface area (Å²) in [7, 11) is 0. The number of thiophene rings is 1. The summed E-state index contributed by atoms with van der Waals surface area (Å²) in [6.07, 6.45) is 9.46. The molecule has 1 heterocycles. The van der Waals surface area contributed by atoms with Crippen LogP contribution >= 0.6 is 27.3 Å². The number of halogens is 1. The Labute approximate surface area is 135 Å². The van der Waals surface area contributed by atoms with E-state index in [2.05, 4.69) is 59.3 Å². The van der Waals surface area contributed by atoms with E-state index in [1.165, 1.54) is 64.7 Å². The Hall–Kier alpha value is -0.600. The third-order valence-corrected chi connectivity index (χ3v) is 5.30. The Morgan fingerprint density at radius 3 is 2.20 bits per heavy atom. The number of rotatable bonds is 8. The van der Waals surface area contributed by atoms with Crippen LogP contribution in [0.4, 0.5) is 0 Å². The zero-order valence-corrected chi connectivity index (χ0v) is 14.6. The van der Waals surface area contributed by atoms with Crippen molar-refractivity contribution >= 4 is 27.3 Å². The van der Waals surface area contributed by atoms with Crippen LogP contribution in [0.15, 0.2) is 40.2 Å². The van der Waals surface area contributed by atoms with Gasteiger partial charge in [-0.1, -0.05) is 63.3 Å². The molecule has 0 unspecified atom stereocenters. The van der Waals surface area contributed by atoms with Crippen LogP contribution in [0, 0.1) is 0 Å². The Morgan fingerprint density at radius 2 is 1.55 bits per heavy atom. The summed E-state index contributed by atoms with van der Waals surface area (Å²) in [4.78, 5) is 1.34. The van der Waals surface area contributed by atoms with E-state index in [1.54, 1.807) is 11.3 Å². The van der Waals surface area contributed by atoms with Crippen molar-refractivity contribution in [3.05, 3.63) is 45.7 Å². The van der Waals surface area contributed by atoms with Crippen LogP contribution in [-0.4, -0.2) is 0 Å². The van der Waals surface area contributed by atoms with Gasteiger partial charge in [0.2, 0.25) is 0 Å². The van der Waals surface area contributed by atoms with Gasteiger partial charge in [-0.05, 0) is 52.0 Å². The number of hydrogen-bond acceptors (Lipinski definition) is 1. The molecule has 2 aromatic rings. The Morgan fingerprint density at radius 1 is 0.850 bits per heavy atom. The van der Waals surface area contributed by atoms with Gasteiger partial charge in [-0.15, -0.1) is 11.3 Å². The lowest BCUT2D eigenvalue weighted by Crippen LogP contribution is -1.86. The van der Waals surface area contributed by atoms with Gasteiger partial charge in [-0.2, -0.15) is 0 Å². The second kappa shape index (κ2) is 8.63. The minimum absolute atomic E-state index is 1.20. The maximum Gasteiger partial charge on any atom is 0.0705 e. The highest BCUT2D eigenvalue weighted by atomic mass is 79.9. The maximum absolute atomic E-state index is 3.52. The average molecular weight is 351 g/mol. The second-order valence-electron chi connectivity index (χ2n) is 5.32.